The number of hydrogen-bond donors (Lipinski definition) is 2. The van der Waals surface area contributed by atoms with Crippen LogP contribution in [0.15, 0.2) is 29.8 Å². The van der Waals surface area contributed by atoms with Crippen LogP contribution in [0.1, 0.15) is 0 Å². The van der Waals surface area contributed by atoms with E-state index in [4.69, 9.17) is 5.73 Å². The Kier molecular flexibility index (Phi) is 1.90. The SMILES string of the molecule is Nc1ncsc1-c1cccc(O)c1. The Labute approximate surface area is 79.5 Å². The van der Waals surface area contributed by atoms with Gasteiger partial charge in [0.1, 0.15) is 11.6 Å². The average Bonchev–Trinajstić information content (AvgIpc) is 2.51. The summed E-state index contributed by atoms with van der Waals surface area (Å²) in [5.41, 5.74) is 8.23. The van der Waals surface area contributed by atoms with Crippen molar-refractivity contribution in [1.29, 1.82) is 0 Å². The molecule has 0 aliphatic rings. The molecule has 3 nitrogen and oxygen atoms in total. The lowest BCUT2D eigenvalue weighted by molar-refractivity contribution is 0.475. The molecular formula is C9H8N2OS. The Balaban J connectivity index is 2.53. The summed E-state index contributed by atoms with van der Waals surface area (Å²) in [4.78, 5) is 4.84. The van der Waals surface area contributed by atoms with Crippen LogP contribution >= 0.6 is 11.3 Å². The van der Waals surface area contributed by atoms with E-state index in [1.165, 1.54) is 11.3 Å². The molecule has 0 fully saturated rings. The van der Waals surface area contributed by atoms with Crippen molar-refractivity contribution >= 4 is 17.2 Å². The van der Waals surface area contributed by atoms with Gasteiger partial charge in [-0.05, 0) is 17.7 Å². The standard InChI is InChI=1S/C9H8N2OS/c10-9-8(13-5-11-9)6-2-1-3-7(12)4-6/h1-5,12H,10H2. The number of hydrogen-bond acceptors (Lipinski definition) is 4. The lowest BCUT2D eigenvalue weighted by atomic mass is 10.2. The third-order valence-electron chi connectivity index (χ3n) is 1.70. The molecule has 66 valence electrons. The molecular weight excluding hydrogens is 184 g/mol. The van der Waals surface area contributed by atoms with Crippen LogP contribution in [0.3, 0.4) is 0 Å². The maximum atomic E-state index is 9.25. The van der Waals surface area contributed by atoms with E-state index in [0.717, 1.165) is 10.4 Å². The van der Waals surface area contributed by atoms with Gasteiger partial charge in [-0.2, -0.15) is 0 Å². The average molecular weight is 192 g/mol. The highest BCUT2D eigenvalue weighted by Gasteiger charge is 2.04. The van der Waals surface area contributed by atoms with E-state index >= 15 is 0 Å². The van der Waals surface area contributed by atoms with Crippen molar-refractivity contribution in [2.75, 3.05) is 5.73 Å². The molecule has 0 saturated heterocycles. The first-order chi connectivity index (χ1) is 6.27. The fraction of sp³-hybridized carbons (Fsp3) is 0. The minimum absolute atomic E-state index is 0.241. The van der Waals surface area contributed by atoms with Crippen molar-refractivity contribution in [3.05, 3.63) is 29.8 Å². The van der Waals surface area contributed by atoms with E-state index in [-0.39, 0.29) is 5.75 Å². The van der Waals surface area contributed by atoms with Gasteiger partial charge in [-0.1, -0.05) is 12.1 Å². The minimum atomic E-state index is 0.241. The van der Waals surface area contributed by atoms with Crippen molar-refractivity contribution in [2.24, 2.45) is 0 Å². The van der Waals surface area contributed by atoms with Crippen molar-refractivity contribution in [3.63, 3.8) is 0 Å². The van der Waals surface area contributed by atoms with Crippen LogP contribution in [0.2, 0.25) is 0 Å². The zero-order valence-electron chi connectivity index (χ0n) is 6.77. The van der Waals surface area contributed by atoms with E-state index in [9.17, 15) is 5.11 Å². The topological polar surface area (TPSA) is 59.1 Å². The van der Waals surface area contributed by atoms with Crippen LogP contribution in [0.25, 0.3) is 10.4 Å². The van der Waals surface area contributed by atoms with Gasteiger partial charge in [0.05, 0.1) is 10.4 Å². The van der Waals surface area contributed by atoms with Crippen LogP contribution in [-0.2, 0) is 0 Å². The number of phenols is 1. The maximum absolute atomic E-state index is 9.25. The Hall–Kier alpha value is -1.55. The lowest BCUT2D eigenvalue weighted by Crippen LogP contribution is -1.86. The zero-order valence-corrected chi connectivity index (χ0v) is 7.58. The fourth-order valence-corrected chi connectivity index (χ4v) is 1.83. The second kappa shape index (κ2) is 3.06. The third kappa shape index (κ3) is 1.48. The summed E-state index contributed by atoms with van der Waals surface area (Å²) in [6.45, 7) is 0. The first kappa shape index (κ1) is 8.07. The molecule has 0 amide bonds. The lowest BCUT2D eigenvalue weighted by Gasteiger charge is -1.98. The van der Waals surface area contributed by atoms with Crippen molar-refractivity contribution in [1.82, 2.24) is 4.98 Å². The molecule has 0 bridgehead atoms. The summed E-state index contributed by atoms with van der Waals surface area (Å²) >= 11 is 1.46. The molecule has 0 spiro atoms. The van der Waals surface area contributed by atoms with Crippen molar-refractivity contribution in [3.8, 4) is 16.2 Å². The molecule has 1 aromatic carbocycles. The largest absolute Gasteiger partial charge is 0.508 e. The Morgan fingerprint density at radius 1 is 1.38 bits per heavy atom. The molecule has 1 aromatic heterocycles. The van der Waals surface area contributed by atoms with Gasteiger partial charge in [-0.15, -0.1) is 11.3 Å². The molecule has 0 saturated carbocycles. The Morgan fingerprint density at radius 2 is 2.23 bits per heavy atom. The van der Waals surface area contributed by atoms with E-state index in [0.29, 0.717) is 5.82 Å². The molecule has 4 heteroatoms. The molecule has 0 aliphatic heterocycles. The molecule has 0 radical (unpaired) electrons. The third-order valence-corrected chi connectivity index (χ3v) is 2.59. The number of benzene rings is 1. The molecule has 2 rings (SSSR count). The molecule has 2 aromatic rings. The number of nitrogens with two attached hydrogens (primary N) is 1. The molecule has 13 heavy (non-hydrogen) atoms. The monoisotopic (exact) mass is 192 g/mol. The number of anilines is 1. The van der Waals surface area contributed by atoms with Gasteiger partial charge >= 0.3 is 0 Å². The van der Waals surface area contributed by atoms with E-state index in [1.54, 1.807) is 23.7 Å². The van der Waals surface area contributed by atoms with Crippen LogP contribution in [0.4, 0.5) is 5.82 Å². The molecule has 0 unspecified atom stereocenters. The number of rotatable bonds is 1. The summed E-state index contributed by atoms with van der Waals surface area (Å²) in [5.74, 6) is 0.751. The maximum Gasteiger partial charge on any atom is 0.142 e. The minimum Gasteiger partial charge on any atom is -0.508 e. The highest BCUT2D eigenvalue weighted by Crippen LogP contribution is 2.30. The number of phenolic OH excluding ortho intramolecular Hbond substituents is 1. The van der Waals surface area contributed by atoms with Gasteiger partial charge < -0.3 is 10.8 Å². The van der Waals surface area contributed by atoms with Crippen LogP contribution in [-0.4, -0.2) is 10.1 Å². The number of nitrogen functional groups attached to an aromatic ring is 1. The van der Waals surface area contributed by atoms with Gasteiger partial charge in [0.2, 0.25) is 0 Å². The highest BCUT2D eigenvalue weighted by atomic mass is 32.1. The first-order valence-electron chi connectivity index (χ1n) is 3.76. The summed E-state index contributed by atoms with van der Waals surface area (Å²) in [7, 11) is 0. The van der Waals surface area contributed by atoms with Gasteiger partial charge in [-0.25, -0.2) is 4.98 Å². The smallest absolute Gasteiger partial charge is 0.142 e. The molecule has 0 aliphatic carbocycles. The van der Waals surface area contributed by atoms with E-state index in [1.807, 2.05) is 6.07 Å². The zero-order chi connectivity index (χ0) is 9.26. The van der Waals surface area contributed by atoms with E-state index < -0.39 is 0 Å². The second-order valence-corrected chi connectivity index (χ2v) is 3.47. The number of thiazole rings is 1. The van der Waals surface area contributed by atoms with Crippen LogP contribution in [0, 0.1) is 0 Å². The van der Waals surface area contributed by atoms with Gasteiger partial charge in [-0.3, -0.25) is 0 Å². The van der Waals surface area contributed by atoms with Crippen molar-refractivity contribution < 1.29 is 5.11 Å². The first-order valence-corrected chi connectivity index (χ1v) is 4.63. The normalized spacial score (nSPS) is 10.2. The Morgan fingerprint density at radius 3 is 2.85 bits per heavy atom. The number of aromatic nitrogens is 1. The molecule has 3 N–H and O–H groups in total. The summed E-state index contributed by atoms with van der Waals surface area (Å²) in [5, 5.41) is 9.25. The predicted molar refractivity (Wildman–Crippen MR) is 53.6 cm³/mol. The quantitative estimate of drug-likeness (QED) is 0.727. The second-order valence-electron chi connectivity index (χ2n) is 2.62. The fourth-order valence-electron chi connectivity index (χ4n) is 1.12. The van der Waals surface area contributed by atoms with Gasteiger partial charge in [0, 0.05) is 0 Å². The van der Waals surface area contributed by atoms with Crippen LogP contribution < -0.4 is 5.73 Å². The summed E-state index contributed by atoms with van der Waals surface area (Å²) < 4.78 is 0. The predicted octanol–water partition coefficient (Wildman–Crippen LogP) is 2.10. The van der Waals surface area contributed by atoms with E-state index in [2.05, 4.69) is 4.98 Å². The molecule has 0 atom stereocenters. The summed E-state index contributed by atoms with van der Waals surface area (Å²) in [6.07, 6.45) is 0. The van der Waals surface area contributed by atoms with Crippen molar-refractivity contribution in [2.45, 2.75) is 0 Å². The molecule has 1 heterocycles. The Bertz CT molecular complexity index is 425. The van der Waals surface area contributed by atoms with Crippen LogP contribution in [0.5, 0.6) is 5.75 Å². The van der Waals surface area contributed by atoms with Gasteiger partial charge in [0.15, 0.2) is 0 Å². The van der Waals surface area contributed by atoms with Gasteiger partial charge in [0.25, 0.3) is 0 Å². The highest BCUT2D eigenvalue weighted by molar-refractivity contribution is 7.13. The number of nitrogens with zero attached hydrogens (tertiary/aromatic N) is 1. The number of aromatic hydroxyl groups is 1. The summed E-state index contributed by atoms with van der Waals surface area (Å²) in [6, 6.07) is 6.97.